The van der Waals surface area contributed by atoms with Crippen LogP contribution in [0.3, 0.4) is 0 Å². The Bertz CT molecular complexity index is 824. The van der Waals surface area contributed by atoms with Crippen LogP contribution in [0.1, 0.15) is 11.1 Å². The van der Waals surface area contributed by atoms with Crippen LogP contribution in [0.4, 0.5) is 0 Å². The van der Waals surface area contributed by atoms with Crippen LogP contribution in [0.5, 0.6) is 0 Å². The van der Waals surface area contributed by atoms with Crippen LogP contribution in [-0.4, -0.2) is 49.9 Å². The van der Waals surface area contributed by atoms with E-state index >= 15 is 0 Å². The van der Waals surface area contributed by atoms with Crippen LogP contribution in [0.2, 0.25) is 5.02 Å². The molecule has 2 aromatic carbocycles. The maximum absolute atomic E-state index is 12.5. The highest BCUT2D eigenvalue weighted by Crippen LogP contribution is 2.11. The fourth-order valence-corrected chi connectivity index (χ4v) is 3.38. The Morgan fingerprint density at radius 3 is 2.19 bits per heavy atom. The third-order valence-electron chi connectivity index (χ3n) is 4.03. The van der Waals surface area contributed by atoms with Crippen LogP contribution in [0.15, 0.2) is 54.6 Å². The summed E-state index contributed by atoms with van der Waals surface area (Å²) in [5.41, 5.74) is 1.96. The third-order valence-corrected chi connectivity index (χ3v) is 5.53. The second-order valence-electron chi connectivity index (χ2n) is 6.21. The molecule has 5 nitrogen and oxygen atoms in total. The predicted octanol–water partition coefficient (Wildman–Crippen LogP) is 2.80. The highest BCUT2D eigenvalue weighted by atomic mass is 35.5. The maximum Gasteiger partial charge on any atom is 0.237 e. The minimum absolute atomic E-state index is 0.171. The van der Waals surface area contributed by atoms with Gasteiger partial charge in [-0.15, -0.1) is 0 Å². The molecular weight excluding hydrogens is 372 g/mol. The highest BCUT2D eigenvalue weighted by Gasteiger charge is 2.22. The van der Waals surface area contributed by atoms with Gasteiger partial charge < -0.3 is 4.90 Å². The number of amides is 1. The van der Waals surface area contributed by atoms with Crippen molar-refractivity contribution in [1.82, 2.24) is 9.21 Å². The molecule has 0 spiro atoms. The number of likely N-dealkylation sites (N-methyl/N-ethyl adjacent to an activating group) is 1. The molecule has 7 heteroatoms. The zero-order valence-corrected chi connectivity index (χ0v) is 16.5. The molecule has 0 aliphatic rings. The summed E-state index contributed by atoms with van der Waals surface area (Å²) in [4.78, 5) is 14.0. The van der Waals surface area contributed by atoms with E-state index in [2.05, 4.69) is 0 Å². The monoisotopic (exact) mass is 394 g/mol. The quantitative estimate of drug-likeness (QED) is 0.691. The number of carbonyl (C=O) groups is 1. The summed E-state index contributed by atoms with van der Waals surface area (Å²) in [5.74, 6) is -0.240. The molecule has 0 heterocycles. The Labute approximate surface area is 160 Å². The van der Waals surface area contributed by atoms with Gasteiger partial charge >= 0.3 is 0 Å². The van der Waals surface area contributed by atoms with Crippen LogP contribution in [0.25, 0.3) is 0 Å². The Kier molecular flexibility index (Phi) is 7.20. The minimum Gasteiger partial charge on any atom is -0.340 e. The van der Waals surface area contributed by atoms with Crippen molar-refractivity contribution in [2.24, 2.45) is 0 Å². The van der Waals surface area contributed by atoms with Gasteiger partial charge in [-0.1, -0.05) is 54.1 Å². The van der Waals surface area contributed by atoms with Crippen molar-refractivity contribution < 1.29 is 13.2 Å². The fourth-order valence-electron chi connectivity index (χ4n) is 2.48. The van der Waals surface area contributed by atoms with E-state index < -0.39 is 10.0 Å². The van der Waals surface area contributed by atoms with Gasteiger partial charge in [0.25, 0.3) is 0 Å². The van der Waals surface area contributed by atoms with Gasteiger partial charge in [-0.2, -0.15) is 4.31 Å². The van der Waals surface area contributed by atoms with E-state index in [1.807, 2.05) is 42.5 Å². The number of hydrogen-bond donors (Lipinski definition) is 0. The van der Waals surface area contributed by atoms with Gasteiger partial charge in [0.1, 0.15) is 0 Å². The SMILES string of the molecule is CN(Cc1ccccc1)C(=O)CN(CCc1ccc(Cl)cc1)S(C)(=O)=O. The Morgan fingerprint density at radius 2 is 1.62 bits per heavy atom. The summed E-state index contributed by atoms with van der Waals surface area (Å²) in [6, 6.07) is 16.8. The molecule has 0 aliphatic heterocycles. The van der Waals surface area contributed by atoms with Crippen molar-refractivity contribution in [1.29, 1.82) is 0 Å². The zero-order valence-electron chi connectivity index (χ0n) is 14.9. The van der Waals surface area contributed by atoms with Crippen molar-refractivity contribution in [3.05, 3.63) is 70.7 Å². The van der Waals surface area contributed by atoms with Crippen LogP contribution < -0.4 is 0 Å². The summed E-state index contributed by atoms with van der Waals surface area (Å²) in [5, 5.41) is 0.631. The lowest BCUT2D eigenvalue weighted by atomic mass is 10.1. The van der Waals surface area contributed by atoms with Gasteiger partial charge in [0.15, 0.2) is 0 Å². The van der Waals surface area contributed by atoms with Crippen molar-refractivity contribution in [3.63, 3.8) is 0 Å². The lowest BCUT2D eigenvalue weighted by molar-refractivity contribution is -0.130. The second kappa shape index (κ2) is 9.16. The van der Waals surface area contributed by atoms with E-state index in [9.17, 15) is 13.2 Å². The van der Waals surface area contributed by atoms with Gasteiger partial charge in [0, 0.05) is 25.2 Å². The summed E-state index contributed by atoms with van der Waals surface area (Å²) < 4.78 is 25.3. The number of benzene rings is 2. The normalized spacial score (nSPS) is 11.5. The molecule has 2 rings (SSSR count). The Morgan fingerprint density at radius 1 is 1.00 bits per heavy atom. The highest BCUT2D eigenvalue weighted by molar-refractivity contribution is 7.88. The van der Waals surface area contributed by atoms with Gasteiger partial charge in [0.05, 0.1) is 12.8 Å². The number of nitrogens with zero attached hydrogens (tertiary/aromatic N) is 2. The fraction of sp³-hybridized carbons (Fsp3) is 0.316. The summed E-state index contributed by atoms with van der Waals surface area (Å²) in [7, 11) is -1.81. The standard InChI is InChI=1S/C19H23ClN2O3S/c1-21(14-17-6-4-3-5-7-17)19(23)15-22(26(2,24)25)13-12-16-8-10-18(20)11-9-16/h3-11H,12-15H2,1-2H3. The first-order chi connectivity index (χ1) is 12.3. The van der Waals surface area contributed by atoms with Gasteiger partial charge in [0.2, 0.25) is 15.9 Å². The molecule has 26 heavy (non-hydrogen) atoms. The van der Waals surface area contributed by atoms with Gasteiger partial charge in [-0.25, -0.2) is 8.42 Å². The summed E-state index contributed by atoms with van der Waals surface area (Å²) in [6.45, 7) is 0.510. The molecule has 2 aromatic rings. The first kappa shape index (κ1) is 20.4. The lowest BCUT2D eigenvalue weighted by Crippen LogP contribution is -2.41. The van der Waals surface area contributed by atoms with Crippen molar-refractivity contribution in [2.75, 3.05) is 26.4 Å². The van der Waals surface area contributed by atoms with Crippen LogP contribution in [0, 0.1) is 0 Å². The van der Waals surface area contributed by atoms with E-state index in [4.69, 9.17) is 11.6 Å². The minimum atomic E-state index is -3.48. The summed E-state index contributed by atoms with van der Waals surface area (Å²) >= 11 is 5.86. The Balaban J connectivity index is 1.98. The van der Waals surface area contributed by atoms with Crippen molar-refractivity contribution in [3.8, 4) is 0 Å². The molecule has 0 radical (unpaired) electrons. The summed E-state index contributed by atoms with van der Waals surface area (Å²) in [6.07, 6.45) is 1.64. The van der Waals surface area contributed by atoms with E-state index in [1.165, 1.54) is 9.21 Å². The topological polar surface area (TPSA) is 57.7 Å². The predicted molar refractivity (Wildman–Crippen MR) is 104 cm³/mol. The molecule has 0 aromatic heterocycles. The van der Waals surface area contributed by atoms with Gasteiger partial charge in [-0.3, -0.25) is 4.79 Å². The molecule has 0 bridgehead atoms. The Hall–Kier alpha value is -1.89. The van der Waals surface area contributed by atoms with Crippen molar-refractivity contribution >= 4 is 27.5 Å². The molecule has 0 fully saturated rings. The molecule has 0 atom stereocenters. The molecule has 140 valence electrons. The van der Waals surface area contributed by atoms with Crippen molar-refractivity contribution in [2.45, 2.75) is 13.0 Å². The lowest BCUT2D eigenvalue weighted by Gasteiger charge is -2.23. The smallest absolute Gasteiger partial charge is 0.237 e. The molecule has 0 N–H and O–H groups in total. The number of carbonyl (C=O) groups excluding carboxylic acids is 1. The number of rotatable bonds is 8. The number of sulfonamides is 1. The van der Waals surface area contributed by atoms with Gasteiger partial charge in [-0.05, 0) is 29.7 Å². The zero-order chi connectivity index (χ0) is 19.2. The molecule has 0 aliphatic carbocycles. The maximum atomic E-state index is 12.5. The van der Waals surface area contributed by atoms with Crippen LogP contribution in [-0.2, 0) is 27.8 Å². The molecule has 0 unspecified atom stereocenters. The first-order valence-electron chi connectivity index (χ1n) is 8.23. The molecule has 0 saturated carbocycles. The first-order valence-corrected chi connectivity index (χ1v) is 10.5. The van der Waals surface area contributed by atoms with E-state index in [0.717, 1.165) is 17.4 Å². The largest absolute Gasteiger partial charge is 0.340 e. The molecule has 0 saturated heterocycles. The second-order valence-corrected chi connectivity index (χ2v) is 8.63. The average Bonchev–Trinajstić information content (AvgIpc) is 2.59. The van der Waals surface area contributed by atoms with E-state index in [1.54, 1.807) is 19.2 Å². The number of hydrogen-bond acceptors (Lipinski definition) is 3. The molecular formula is C19H23ClN2O3S. The van der Waals surface area contributed by atoms with Crippen LogP contribution >= 0.6 is 11.6 Å². The van der Waals surface area contributed by atoms with E-state index in [-0.39, 0.29) is 19.0 Å². The third kappa shape index (κ3) is 6.44. The number of halogens is 1. The van der Waals surface area contributed by atoms with E-state index in [0.29, 0.717) is 18.0 Å². The average molecular weight is 395 g/mol. The molecule has 1 amide bonds.